The van der Waals surface area contributed by atoms with Crippen molar-refractivity contribution in [1.29, 1.82) is 0 Å². The van der Waals surface area contributed by atoms with Gasteiger partial charge in [-0.25, -0.2) is 13.4 Å². The van der Waals surface area contributed by atoms with E-state index < -0.39 is 15.9 Å². The van der Waals surface area contributed by atoms with Crippen molar-refractivity contribution in [3.8, 4) is 5.88 Å². The molecule has 3 aromatic rings. The second-order valence-electron chi connectivity index (χ2n) is 6.62. The number of rotatable bonds is 6. The number of ether oxygens (including phenoxy) is 1. The van der Waals surface area contributed by atoms with Crippen molar-refractivity contribution in [3.63, 3.8) is 0 Å². The first-order chi connectivity index (χ1) is 14.1. The zero-order valence-electron chi connectivity index (χ0n) is 16.7. The molecule has 0 fully saturated rings. The van der Waals surface area contributed by atoms with E-state index in [4.69, 9.17) is 16.3 Å². The Morgan fingerprint density at radius 2 is 1.83 bits per heavy atom. The third kappa shape index (κ3) is 4.43. The van der Waals surface area contributed by atoms with Crippen molar-refractivity contribution < 1.29 is 17.9 Å². The molecule has 0 aliphatic heterocycles. The number of halogens is 1. The van der Waals surface area contributed by atoms with Gasteiger partial charge in [0.15, 0.2) is 4.90 Å². The topological polar surface area (TPSA) is 97.4 Å². The average molecular weight is 466 g/mol. The second kappa shape index (κ2) is 8.63. The first kappa shape index (κ1) is 22.1. The van der Waals surface area contributed by atoms with Gasteiger partial charge >= 0.3 is 0 Å². The van der Waals surface area contributed by atoms with E-state index in [0.717, 1.165) is 16.7 Å². The van der Waals surface area contributed by atoms with Crippen LogP contribution in [-0.2, 0) is 10.0 Å². The molecule has 7 nitrogen and oxygen atoms in total. The first-order valence-electron chi connectivity index (χ1n) is 8.82. The largest absolute Gasteiger partial charge is 0.480 e. The zero-order valence-corrected chi connectivity index (χ0v) is 19.1. The number of methoxy groups -OCH3 is 1. The molecule has 1 amide bonds. The minimum Gasteiger partial charge on any atom is -0.480 e. The third-order valence-electron chi connectivity index (χ3n) is 4.38. The maximum atomic E-state index is 13.1. The average Bonchev–Trinajstić information content (AvgIpc) is 3.03. The van der Waals surface area contributed by atoms with Crippen molar-refractivity contribution in [1.82, 2.24) is 4.98 Å². The predicted molar refractivity (Wildman–Crippen MR) is 120 cm³/mol. The van der Waals surface area contributed by atoms with E-state index in [1.54, 1.807) is 12.3 Å². The Bertz CT molecular complexity index is 1200. The molecular formula is C20H20ClN3O4S2. The zero-order chi connectivity index (χ0) is 22.1. The first-order valence-corrected chi connectivity index (χ1v) is 11.6. The van der Waals surface area contributed by atoms with Gasteiger partial charge in [-0.3, -0.25) is 9.52 Å². The van der Waals surface area contributed by atoms with E-state index >= 15 is 0 Å². The molecule has 1 aromatic carbocycles. The van der Waals surface area contributed by atoms with Crippen LogP contribution in [0.15, 0.2) is 40.7 Å². The summed E-state index contributed by atoms with van der Waals surface area (Å²) in [5.74, 6) is -0.534. The number of sulfonamides is 1. The van der Waals surface area contributed by atoms with Gasteiger partial charge < -0.3 is 10.1 Å². The van der Waals surface area contributed by atoms with Crippen molar-refractivity contribution in [2.24, 2.45) is 0 Å². The van der Waals surface area contributed by atoms with Crippen LogP contribution < -0.4 is 14.8 Å². The van der Waals surface area contributed by atoms with Gasteiger partial charge in [0.05, 0.1) is 29.7 Å². The molecule has 0 aliphatic carbocycles. The number of para-hydroxylation sites is 1. The maximum absolute atomic E-state index is 13.1. The van der Waals surface area contributed by atoms with Gasteiger partial charge in [-0.2, -0.15) is 0 Å². The van der Waals surface area contributed by atoms with Crippen LogP contribution >= 0.6 is 22.9 Å². The number of nitrogens with one attached hydrogen (secondary N) is 2. The highest BCUT2D eigenvalue weighted by Crippen LogP contribution is 2.31. The monoisotopic (exact) mass is 465 g/mol. The molecule has 158 valence electrons. The SMILES string of the molecule is COc1ncc(NC(=O)c2scc(C)c2Cl)cc1S(=O)(=O)Nc1c(C)cccc1C. The van der Waals surface area contributed by atoms with E-state index in [2.05, 4.69) is 15.0 Å². The van der Waals surface area contributed by atoms with Crippen molar-refractivity contribution in [2.75, 3.05) is 17.1 Å². The molecule has 0 saturated carbocycles. The summed E-state index contributed by atoms with van der Waals surface area (Å²) in [6.07, 6.45) is 1.32. The Morgan fingerprint density at radius 1 is 1.17 bits per heavy atom. The summed E-state index contributed by atoms with van der Waals surface area (Å²) in [6.45, 7) is 5.42. The number of carbonyl (C=O) groups is 1. The van der Waals surface area contributed by atoms with E-state index in [0.29, 0.717) is 15.6 Å². The number of aromatic nitrogens is 1. The van der Waals surface area contributed by atoms with Crippen LogP contribution in [0, 0.1) is 20.8 Å². The number of benzene rings is 1. The number of anilines is 2. The van der Waals surface area contributed by atoms with Crippen molar-refractivity contribution in [2.45, 2.75) is 25.7 Å². The van der Waals surface area contributed by atoms with Crippen LogP contribution in [0.4, 0.5) is 11.4 Å². The van der Waals surface area contributed by atoms with E-state index in [1.807, 2.05) is 32.0 Å². The second-order valence-corrected chi connectivity index (χ2v) is 9.53. The normalized spacial score (nSPS) is 11.2. The van der Waals surface area contributed by atoms with E-state index in [9.17, 15) is 13.2 Å². The number of carbonyl (C=O) groups excluding carboxylic acids is 1. The van der Waals surface area contributed by atoms with Gasteiger partial charge in [0.2, 0.25) is 5.88 Å². The lowest BCUT2D eigenvalue weighted by Gasteiger charge is -2.15. The molecule has 0 aliphatic rings. The van der Waals surface area contributed by atoms with Crippen LogP contribution in [0.3, 0.4) is 0 Å². The lowest BCUT2D eigenvalue weighted by atomic mass is 10.1. The molecule has 0 spiro atoms. The highest BCUT2D eigenvalue weighted by molar-refractivity contribution is 7.92. The van der Waals surface area contributed by atoms with E-state index in [-0.39, 0.29) is 16.5 Å². The minimum atomic E-state index is -4.04. The standard InChI is InChI=1S/C20H20ClN3O4S2/c1-11-6-5-7-12(2)17(11)24-30(26,27)15-8-14(9-22-20(15)28-4)23-19(25)18-16(21)13(3)10-29-18/h5-10,24H,1-4H3,(H,23,25). The molecule has 0 radical (unpaired) electrons. The van der Waals surface area contributed by atoms with Crippen molar-refractivity contribution in [3.05, 3.63) is 62.4 Å². The summed E-state index contributed by atoms with van der Waals surface area (Å²) >= 11 is 7.36. The Labute approximate surface area is 184 Å². The van der Waals surface area contributed by atoms with Gasteiger partial charge in [-0.1, -0.05) is 29.8 Å². The number of hydrogen-bond donors (Lipinski definition) is 2. The summed E-state index contributed by atoms with van der Waals surface area (Å²) in [5, 5.41) is 4.78. The fraction of sp³-hybridized carbons (Fsp3) is 0.200. The van der Waals surface area contributed by atoms with Crippen LogP contribution in [0.25, 0.3) is 0 Å². The highest BCUT2D eigenvalue weighted by atomic mass is 35.5. The highest BCUT2D eigenvalue weighted by Gasteiger charge is 2.24. The molecule has 0 bridgehead atoms. The molecule has 3 rings (SSSR count). The Hall–Kier alpha value is -2.62. The van der Waals surface area contributed by atoms with E-state index in [1.165, 1.54) is 30.7 Å². The summed E-state index contributed by atoms with van der Waals surface area (Å²) < 4.78 is 33.9. The lowest BCUT2D eigenvalue weighted by molar-refractivity contribution is 0.103. The molecule has 0 unspecified atom stereocenters. The molecule has 2 aromatic heterocycles. The van der Waals surface area contributed by atoms with Crippen LogP contribution in [0.2, 0.25) is 5.02 Å². The summed E-state index contributed by atoms with van der Waals surface area (Å²) in [6, 6.07) is 6.76. The van der Waals surface area contributed by atoms with Gasteiger partial charge in [0.1, 0.15) is 4.88 Å². The minimum absolute atomic E-state index is 0.0864. The van der Waals surface area contributed by atoms with Crippen LogP contribution in [0.1, 0.15) is 26.4 Å². The van der Waals surface area contributed by atoms with Gasteiger partial charge in [0.25, 0.3) is 15.9 Å². The Kier molecular flexibility index (Phi) is 6.35. The number of amides is 1. The molecule has 2 N–H and O–H groups in total. The number of aryl methyl sites for hydroxylation is 3. The number of hydrogen-bond acceptors (Lipinski definition) is 6. The molecule has 0 saturated heterocycles. The number of thiophene rings is 1. The smallest absolute Gasteiger partial charge is 0.267 e. The number of nitrogens with zero attached hydrogens (tertiary/aromatic N) is 1. The van der Waals surface area contributed by atoms with Crippen LogP contribution in [-0.4, -0.2) is 26.4 Å². The van der Waals surface area contributed by atoms with Crippen molar-refractivity contribution >= 4 is 50.2 Å². The molecule has 2 heterocycles. The summed E-state index contributed by atoms with van der Waals surface area (Å²) in [7, 11) is -2.71. The molecule has 30 heavy (non-hydrogen) atoms. The number of pyridine rings is 1. The Morgan fingerprint density at radius 3 is 2.40 bits per heavy atom. The van der Waals surface area contributed by atoms with Gasteiger partial charge in [-0.15, -0.1) is 11.3 Å². The summed E-state index contributed by atoms with van der Waals surface area (Å²) in [4.78, 5) is 16.7. The molecule has 0 atom stereocenters. The fourth-order valence-corrected chi connectivity index (χ4v) is 5.30. The molecular weight excluding hydrogens is 446 g/mol. The van der Waals surface area contributed by atoms with Gasteiger partial charge in [0, 0.05) is 0 Å². The predicted octanol–water partition coefficient (Wildman–Crippen LogP) is 4.78. The third-order valence-corrected chi connectivity index (χ3v) is 7.42. The lowest BCUT2D eigenvalue weighted by Crippen LogP contribution is -2.17. The molecule has 10 heteroatoms. The summed E-state index contributed by atoms with van der Waals surface area (Å²) in [5.41, 5.74) is 3.02. The fourth-order valence-electron chi connectivity index (χ4n) is 2.78. The Balaban J connectivity index is 1.96. The van der Waals surface area contributed by atoms with Crippen LogP contribution in [0.5, 0.6) is 5.88 Å². The quantitative estimate of drug-likeness (QED) is 0.545. The maximum Gasteiger partial charge on any atom is 0.267 e. The van der Waals surface area contributed by atoms with Gasteiger partial charge in [-0.05, 0) is 48.9 Å².